The molecule has 0 saturated carbocycles. The van der Waals surface area contributed by atoms with Crippen molar-refractivity contribution < 1.29 is 10.0 Å². The Kier molecular flexibility index (Phi) is 3.88. The third-order valence-corrected chi connectivity index (χ3v) is 2.91. The molecule has 0 amide bonds. The van der Waals surface area contributed by atoms with Crippen molar-refractivity contribution in [1.82, 2.24) is 0 Å². The molecule has 0 heterocycles. The highest BCUT2D eigenvalue weighted by Crippen LogP contribution is 2.25. The van der Waals surface area contributed by atoms with Crippen molar-refractivity contribution in [3.05, 3.63) is 45.5 Å². The van der Waals surface area contributed by atoms with Gasteiger partial charge >= 0.3 is 0 Å². The number of hydrogen-bond acceptors (Lipinski definition) is 3. The highest BCUT2D eigenvalue weighted by Gasteiger charge is 2.26. The zero-order valence-corrected chi connectivity index (χ0v) is 10.7. The second kappa shape index (κ2) is 4.84. The zero-order valence-electron chi connectivity index (χ0n) is 10.7. The number of aliphatic hydroxyl groups excluding tert-OH is 1. The summed E-state index contributed by atoms with van der Waals surface area (Å²) in [6, 6.07) is 6.34. The van der Waals surface area contributed by atoms with E-state index in [1.807, 2.05) is 12.1 Å². The molecule has 0 aliphatic carbocycles. The predicted octanol–water partition coefficient (Wildman–Crippen LogP) is 2.68. The van der Waals surface area contributed by atoms with Gasteiger partial charge in [0, 0.05) is 11.8 Å². The number of nitrogens with zero attached hydrogens (tertiary/aromatic N) is 1. The molecule has 0 spiro atoms. The maximum atomic E-state index is 10.6. The summed E-state index contributed by atoms with van der Waals surface area (Å²) < 4.78 is 0. The van der Waals surface area contributed by atoms with Crippen LogP contribution in [0.4, 0.5) is 0 Å². The Morgan fingerprint density at radius 2 is 1.71 bits per heavy atom. The van der Waals surface area contributed by atoms with Crippen LogP contribution in [0.25, 0.3) is 0 Å². The van der Waals surface area contributed by atoms with E-state index in [4.69, 9.17) is 0 Å². The molecule has 0 aliphatic rings. The van der Waals surface area contributed by atoms with Gasteiger partial charge in [-0.1, -0.05) is 45.0 Å². The average molecular weight is 237 g/mol. The third-order valence-electron chi connectivity index (χ3n) is 2.91. The van der Waals surface area contributed by atoms with Crippen LogP contribution in [0.15, 0.2) is 24.3 Å². The van der Waals surface area contributed by atoms with Crippen molar-refractivity contribution in [1.29, 1.82) is 0 Å². The molecule has 1 N–H and O–H groups in total. The highest BCUT2D eigenvalue weighted by molar-refractivity contribution is 5.28. The van der Waals surface area contributed by atoms with Crippen LogP contribution in [0.1, 0.15) is 44.9 Å². The largest absolute Gasteiger partial charge is 0.381 e. The zero-order chi connectivity index (χ0) is 13.2. The number of nitro groups is 1. The first-order chi connectivity index (χ1) is 7.73. The van der Waals surface area contributed by atoms with Crippen molar-refractivity contribution in [3.8, 4) is 0 Å². The minimum Gasteiger partial charge on any atom is -0.381 e. The fourth-order valence-corrected chi connectivity index (χ4v) is 1.57. The van der Waals surface area contributed by atoms with Crippen LogP contribution in [0.5, 0.6) is 0 Å². The number of hydrogen-bond donors (Lipinski definition) is 1. The minimum absolute atomic E-state index is 0.0399. The van der Waals surface area contributed by atoms with E-state index in [1.165, 1.54) is 6.92 Å². The predicted molar refractivity (Wildman–Crippen MR) is 66.6 cm³/mol. The van der Waals surface area contributed by atoms with Crippen molar-refractivity contribution >= 4 is 0 Å². The lowest BCUT2D eigenvalue weighted by atomic mass is 9.86. The van der Waals surface area contributed by atoms with E-state index in [0.29, 0.717) is 5.56 Å². The third kappa shape index (κ3) is 3.27. The molecule has 1 aromatic rings. The molecule has 0 saturated heterocycles. The Hall–Kier alpha value is -1.42. The lowest BCUT2D eigenvalue weighted by Gasteiger charge is -2.20. The van der Waals surface area contributed by atoms with Crippen LogP contribution in [0.2, 0.25) is 0 Å². The summed E-state index contributed by atoms with van der Waals surface area (Å²) in [6.45, 7) is 7.69. The molecule has 94 valence electrons. The van der Waals surface area contributed by atoms with Crippen molar-refractivity contribution in [2.75, 3.05) is 0 Å². The van der Waals surface area contributed by atoms with Gasteiger partial charge in [-0.3, -0.25) is 10.1 Å². The molecule has 17 heavy (non-hydrogen) atoms. The van der Waals surface area contributed by atoms with Crippen molar-refractivity contribution in [2.24, 2.45) is 0 Å². The van der Waals surface area contributed by atoms with Gasteiger partial charge in [-0.2, -0.15) is 0 Å². The van der Waals surface area contributed by atoms with Gasteiger partial charge in [-0.15, -0.1) is 0 Å². The molecular weight excluding hydrogens is 218 g/mol. The molecule has 2 atom stereocenters. The Morgan fingerprint density at radius 3 is 2.06 bits per heavy atom. The van der Waals surface area contributed by atoms with Gasteiger partial charge in [0.1, 0.15) is 6.10 Å². The second-order valence-corrected chi connectivity index (χ2v) is 5.34. The van der Waals surface area contributed by atoms with E-state index in [0.717, 1.165) is 5.56 Å². The normalized spacial score (nSPS) is 15.4. The van der Waals surface area contributed by atoms with Gasteiger partial charge < -0.3 is 5.11 Å². The standard InChI is InChI=1S/C13H19NO3/c1-9(14(16)17)12(15)10-5-7-11(8-6-10)13(2,3)4/h5-9,12,15H,1-4H3. The molecule has 0 aromatic heterocycles. The monoisotopic (exact) mass is 237 g/mol. The van der Waals surface area contributed by atoms with Gasteiger partial charge in [0.15, 0.2) is 0 Å². The van der Waals surface area contributed by atoms with E-state index in [2.05, 4.69) is 20.8 Å². The van der Waals surface area contributed by atoms with E-state index in [-0.39, 0.29) is 5.41 Å². The lowest BCUT2D eigenvalue weighted by Crippen LogP contribution is -2.24. The molecule has 2 unspecified atom stereocenters. The van der Waals surface area contributed by atoms with E-state index in [1.54, 1.807) is 12.1 Å². The minimum atomic E-state index is -1.06. The Bertz CT molecular complexity index is 392. The second-order valence-electron chi connectivity index (χ2n) is 5.34. The average Bonchev–Trinajstić information content (AvgIpc) is 2.26. The first kappa shape index (κ1) is 13.6. The SMILES string of the molecule is CC(C(O)c1ccc(C(C)(C)C)cc1)[N+](=O)[O-]. The smallest absolute Gasteiger partial charge is 0.239 e. The van der Waals surface area contributed by atoms with Crippen LogP contribution in [-0.4, -0.2) is 16.1 Å². The summed E-state index contributed by atoms with van der Waals surface area (Å²) in [5, 5.41) is 20.4. The fourth-order valence-electron chi connectivity index (χ4n) is 1.57. The summed E-state index contributed by atoms with van der Waals surface area (Å²) in [4.78, 5) is 10.1. The van der Waals surface area contributed by atoms with Crippen LogP contribution >= 0.6 is 0 Å². The first-order valence-electron chi connectivity index (χ1n) is 5.65. The van der Waals surface area contributed by atoms with E-state index in [9.17, 15) is 15.2 Å². The van der Waals surface area contributed by atoms with Crippen molar-refractivity contribution in [2.45, 2.75) is 45.3 Å². The molecule has 1 aromatic carbocycles. The summed E-state index contributed by atoms with van der Waals surface area (Å²) in [6.07, 6.45) is -1.06. The van der Waals surface area contributed by atoms with Crippen molar-refractivity contribution in [3.63, 3.8) is 0 Å². The van der Waals surface area contributed by atoms with Crippen LogP contribution in [0, 0.1) is 10.1 Å². The van der Waals surface area contributed by atoms with Crippen LogP contribution in [-0.2, 0) is 5.41 Å². The number of aliphatic hydroxyl groups is 1. The molecule has 0 bridgehead atoms. The Balaban J connectivity index is 2.92. The molecule has 0 radical (unpaired) electrons. The van der Waals surface area contributed by atoms with Gasteiger partial charge in [0.25, 0.3) is 0 Å². The summed E-state index contributed by atoms with van der Waals surface area (Å²) in [5.41, 5.74) is 1.77. The lowest BCUT2D eigenvalue weighted by molar-refractivity contribution is -0.531. The quantitative estimate of drug-likeness (QED) is 0.649. The molecule has 4 nitrogen and oxygen atoms in total. The first-order valence-corrected chi connectivity index (χ1v) is 5.65. The number of benzene rings is 1. The summed E-state index contributed by atoms with van der Waals surface area (Å²) >= 11 is 0. The van der Waals surface area contributed by atoms with E-state index >= 15 is 0 Å². The molecule has 0 fully saturated rings. The Labute approximate surface area is 101 Å². The molecule has 0 aliphatic heterocycles. The molecular formula is C13H19NO3. The van der Waals surface area contributed by atoms with Crippen LogP contribution < -0.4 is 0 Å². The van der Waals surface area contributed by atoms with Gasteiger partial charge in [-0.25, -0.2) is 0 Å². The molecule has 1 rings (SSSR count). The molecule has 4 heteroatoms. The summed E-state index contributed by atoms with van der Waals surface area (Å²) in [7, 11) is 0. The van der Waals surface area contributed by atoms with Crippen LogP contribution in [0.3, 0.4) is 0 Å². The Morgan fingerprint density at radius 1 is 1.24 bits per heavy atom. The topological polar surface area (TPSA) is 63.4 Å². The fraction of sp³-hybridized carbons (Fsp3) is 0.538. The number of rotatable bonds is 3. The van der Waals surface area contributed by atoms with E-state index < -0.39 is 17.1 Å². The maximum absolute atomic E-state index is 10.6. The van der Waals surface area contributed by atoms with Gasteiger partial charge in [0.05, 0.1) is 0 Å². The summed E-state index contributed by atoms with van der Waals surface area (Å²) in [5.74, 6) is 0. The van der Waals surface area contributed by atoms with Gasteiger partial charge in [-0.05, 0) is 16.5 Å². The highest BCUT2D eigenvalue weighted by atomic mass is 16.6. The van der Waals surface area contributed by atoms with Gasteiger partial charge in [0.2, 0.25) is 6.04 Å². The maximum Gasteiger partial charge on any atom is 0.239 e.